The minimum absolute atomic E-state index is 0.0164. The van der Waals surface area contributed by atoms with Gasteiger partial charge in [-0.3, -0.25) is 4.79 Å². The fourth-order valence-corrected chi connectivity index (χ4v) is 1.40. The van der Waals surface area contributed by atoms with Crippen molar-refractivity contribution >= 4 is 17.5 Å². The van der Waals surface area contributed by atoms with Crippen LogP contribution in [0.4, 0.5) is 10.5 Å². The highest BCUT2D eigenvalue weighted by molar-refractivity contribution is 5.97. The van der Waals surface area contributed by atoms with Gasteiger partial charge in [-0.25, -0.2) is 4.79 Å². The summed E-state index contributed by atoms with van der Waals surface area (Å²) in [5, 5.41) is 5.47. The van der Waals surface area contributed by atoms with Crippen LogP contribution in [0.15, 0.2) is 18.2 Å². The molecule has 0 aliphatic carbocycles. The van der Waals surface area contributed by atoms with Crippen LogP contribution in [0.5, 0.6) is 0 Å². The number of benzene rings is 1. The summed E-state index contributed by atoms with van der Waals surface area (Å²) < 4.78 is 0. The SMILES string of the molecule is CC(=O)c1ccc(C)c(NC(=O)NC(C)C)c1. The van der Waals surface area contributed by atoms with Crippen molar-refractivity contribution in [3.63, 3.8) is 0 Å². The number of aryl methyl sites for hydroxylation is 1. The van der Waals surface area contributed by atoms with Crippen molar-refractivity contribution in [2.24, 2.45) is 0 Å². The maximum Gasteiger partial charge on any atom is 0.319 e. The lowest BCUT2D eigenvalue weighted by molar-refractivity contribution is 0.101. The Morgan fingerprint density at radius 3 is 2.41 bits per heavy atom. The lowest BCUT2D eigenvalue weighted by Gasteiger charge is -2.12. The number of hydrogen-bond acceptors (Lipinski definition) is 2. The normalized spacial score (nSPS) is 10.2. The first-order chi connectivity index (χ1) is 7.90. The number of hydrogen-bond donors (Lipinski definition) is 2. The Morgan fingerprint density at radius 1 is 1.24 bits per heavy atom. The molecule has 0 spiro atoms. The van der Waals surface area contributed by atoms with Gasteiger partial charge in [0, 0.05) is 17.3 Å². The van der Waals surface area contributed by atoms with Gasteiger partial charge < -0.3 is 10.6 Å². The molecule has 1 aromatic carbocycles. The zero-order valence-corrected chi connectivity index (χ0v) is 10.6. The minimum Gasteiger partial charge on any atom is -0.336 e. The molecule has 0 aromatic heterocycles. The summed E-state index contributed by atoms with van der Waals surface area (Å²) in [6.45, 7) is 7.16. The van der Waals surface area contributed by atoms with Crippen molar-refractivity contribution in [1.82, 2.24) is 5.32 Å². The Kier molecular flexibility index (Phi) is 4.26. The van der Waals surface area contributed by atoms with Gasteiger partial charge in [-0.15, -0.1) is 0 Å². The van der Waals surface area contributed by atoms with Gasteiger partial charge >= 0.3 is 6.03 Å². The molecule has 0 fully saturated rings. The Morgan fingerprint density at radius 2 is 1.88 bits per heavy atom. The third-order valence-corrected chi connectivity index (χ3v) is 2.31. The number of carbonyl (C=O) groups is 2. The highest BCUT2D eigenvalue weighted by Crippen LogP contribution is 2.17. The molecule has 0 unspecified atom stereocenters. The van der Waals surface area contributed by atoms with E-state index >= 15 is 0 Å². The quantitative estimate of drug-likeness (QED) is 0.790. The topological polar surface area (TPSA) is 58.2 Å². The van der Waals surface area contributed by atoms with Gasteiger partial charge in [-0.2, -0.15) is 0 Å². The lowest BCUT2D eigenvalue weighted by Crippen LogP contribution is -2.34. The molecule has 2 amide bonds. The number of carbonyl (C=O) groups excluding carboxylic acids is 2. The summed E-state index contributed by atoms with van der Waals surface area (Å²) in [6, 6.07) is 5.08. The molecule has 1 rings (SSSR count). The largest absolute Gasteiger partial charge is 0.336 e. The molecule has 0 radical (unpaired) electrons. The lowest BCUT2D eigenvalue weighted by atomic mass is 10.1. The summed E-state index contributed by atoms with van der Waals surface area (Å²) in [4.78, 5) is 22.8. The average molecular weight is 234 g/mol. The first-order valence-electron chi connectivity index (χ1n) is 5.59. The van der Waals surface area contributed by atoms with Crippen molar-refractivity contribution in [2.75, 3.05) is 5.32 Å². The molecule has 0 saturated carbocycles. The van der Waals surface area contributed by atoms with Gasteiger partial charge in [0.2, 0.25) is 0 Å². The van der Waals surface area contributed by atoms with Crippen LogP contribution in [-0.4, -0.2) is 17.9 Å². The van der Waals surface area contributed by atoms with E-state index in [4.69, 9.17) is 0 Å². The molecule has 0 heterocycles. The summed E-state index contributed by atoms with van der Waals surface area (Å²) in [5.41, 5.74) is 2.18. The van der Waals surface area contributed by atoms with Crippen LogP contribution in [0, 0.1) is 6.92 Å². The summed E-state index contributed by atoms with van der Waals surface area (Å²) in [7, 11) is 0. The fourth-order valence-electron chi connectivity index (χ4n) is 1.40. The van der Waals surface area contributed by atoms with Gasteiger partial charge in [0.05, 0.1) is 0 Å². The van der Waals surface area contributed by atoms with Gasteiger partial charge in [-0.05, 0) is 39.3 Å². The maximum atomic E-state index is 11.5. The number of Topliss-reactive ketones (excluding diaryl/α,β-unsaturated/α-hetero) is 1. The monoisotopic (exact) mass is 234 g/mol. The molecule has 0 aliphatic rings. The molecule has 92 valence electrons. The molecule has 0 aliphatic heterocycles. The van der Waals surface area contributed by atoms with Crippen LogP contribution in [0.2, 0.25) is 0 Å². The smallest absolute Gasteiger partial charge is 0.319 e. The summed E-state index contributed by atoms with van der Waals surface area (Å²) >= 11 is 0. The van der Waals surface area contributed by atoms with Crippen LogP contribution in [0.1, 0.15) is 36.7 Å². The van der Waals surface area contributed by atoms with Crippen molar-refractivity contribution in [3.05, 3.63) is 29.3 Å². The van der Waals surface area contributed by atoms with E-state index in [0.717, 1.165) is 5.56 Å². The number of urea groups is 1. The van der Waals surface area contributed by atoms with Crippen LogP contribution >= 0.6 is 0 Å². The summed E-state index contributed by atoms with van der Waals surface area (Å²) in [6.07, 6.45) is 0. The van der Waals surface area contributed by atoms with E-state index < -0.39 is 0 Å². The predicted molar refractivity (Wildman–Crippen MR) is 68.5 cm³/mol. The first-order valence-corrected chi connectivity index (χ1v) is 5.59. The number of amides is 2. The van der Waals surface area contributed by atoms with Gasteiger partial charge in [0.25, 0.3) is 0 Å². The van der Waals surface area contributed by atoms with E-state index in [-0.39, 0.29) is 17.9 Å². The van der Waals surface area contributed by atoms with Crippen LogP contribution in [0.25, 0.3) is 0 Å². The molecule has 0 bridgehead atoms. The highest BCUT2D eigenvalue weighted by Gasteiger charge is 2.08. The molecular formula is C13H18N2O2. The van der Waals surface area contributed by atoms with Crippen molar-refractivity contribution in [3.8, 4) is 0 Å². The van der Waals surface area contributed by atoms with E-state index in [2.05, 4.69) is 10.6 Å². The molecular weight excluding hydrogens is 216 g/mol. The standard InChI is InChI=1S/C13H18N2O2/c1-8(2)14-13(17)15-12-7-11(10(4)16)6-5-9(12)3/h5-8H,1-4H3,(H2,14,15,17). The fraction of sp³-hybridized carbons (Fsp3) is 0.385. The van der Waals surface area contributed by atoms with Crippen molar-refractivity contribution in [2.45, 2.75) is 33.7 Å². The zero-order chi connectivity index (χ0) is 13.0. The number of ketones is 1. The number of rotatable bonds is 3. The average Bonchev–Trinajstić information content (AvgIpc) is 2.19. The Balaban J connectivity index is 2.86. The molecule has 0 saturated heterocycles. The highest BCUT2D eigenvalue weighted by atomic mass is 16.2. The van der Waals surface area contributed by atoms with E-state index in [0.29, 0.717) is 11.3 Å². The number of anilines is 1. The third-order valence-electron chi connectivity index (χ3n) is 2.31. The molecule has 17 heavy (non-hydrogen) atoms. The molecule has 4 nitrogen and oxygen atoms in total. The van der Waals surface area contributed by atoms with E-state index in [1.54, 1.807) is 12.1 Å². The van der Waals surface area contributed by atoms with Gasteiger partial charge in [-0.1, -0.05) is 12.1 Å². The third kappa shape index (κ3) is 3.90. The summed E-state index contributed by atoms with van der Waals surface area (Å²) in [5.74, 6) is -0.0164. The second kappa shape index (κ2) is 5.48. The molecule has 0 atom stereocenters. The van der Waals surface area contributed by atoms with Gasteiger partial charge in [0.15, 0.2) is 5.78 Å². The number of nitrogens with one attached hydrogen (secondary N) is 2. The Bertz CT molecular complexity index is 439. The second-order valence-electron chi connectivity index (χ2n) is 4.34. The molecule has 2 N–H and O–H groups in total. The maximum absolute atomic E-state index is 11.5. The van der Waals surface area contributed by atoms with Crippen LogP contribution < -0.4 is 10.6 Å². The van der Waals surface area contributed by atoms with Crippen LogP contribution in [0.3, 0.4) is 0 Å². The van der Waals surface area contributed by atoms with Crippen LogP contribution in [-0.2, 0) is 0 Å². The molecule has 4 heteroatoms. The Hall–Kier alpha value is -1.84. The minimum atomic E-state index is -0.260. The van der Waals surface area contributed by atoms with Gasteiger partial charge in [0.1, 0.15) is 0 Å². The molecule has 1 aromatic rings. The first kappa shape index (κ1) is 13.2. The van der Waals surface area contributed by atoms with E-state index in [1.165, 1.54) is 6.92 Å². The second-order valence-corrected chi connectivity index (χ2v) is 4.34. The van der Waals surface area contributed by atoms with E-state index in [1.807, 2.05) is 26.8 Å². The van der Waals surface area contributed by atoms with E-state index in [9.17, 15) is 9.59 Å². The van der Waals surface area contributed by atoms with Crippen molar-refractivity contribution < 1.29 is 9.59 Å². The predicted octanol–water partition coefficient (Wildman–Crippen LogP) is 2.73. The zero-order valence-electron chi connectivity index (χ0n) is 10.6. The Labute approximate surface area is 101 Å². The van der Waals surface area contributed by atoms with Crippen molar-refractivity contribution in [1.29, 1.82) is 0 Å².